The summed E-state index contributed by atoms with van der Waals surface area (Å²) in [6.07, 6.45) is -1.97. The molecule has 0 radical (unpaired) electrons. The number of H-pyrrole nitrogens is 1. The molecule has 0 spiro atoms. The number of ether oxygens (including phenoxy) is 3. The maximum atomic E-state index is 12.8. The SMILES string of the molecule is CC(=O)CCC(=O)OCc1ccc([N+](=O)[O-])cc1C(=O)OC[C@H]1O[C@@H](n2cc(C)c(=O)[nH]c2=O)C[C@@H]1O. The summed E-state index contributed by atoms with van der Waals surface area (Å²) in [5, 5.41) is 21.5. The molecule has 0 bridgehead atoms. The largest absolute Gasteiger partial charge is 0.461 e. The Morgan fingerprint density at radius 1 is 1.24 bits per heavy atom. The zero-order valence-corrected chi connectivity index (χ0v) is 20.0. The lowest BCUT2D eigenvalue weighted by Crippen LogP contribution is -2.33. The number of aromatic nitrogens is 2. The van der Waals surface area contributed by atoms with Gasteiger partial charge in [-0.15, -0.1) is 0 Å². The molecule has 1 aliphatic rings. The average Bonchev–Trinajstić information content (AvgIpc) is 3.21. The third-order valence-electron chi connectivity index (χ3n) is 5.63. The van der Waals surface area contributed by atoms with Crippen molar-refractivity contribution in [3.8, 4) is 0 Å². The third kappa shape index (κ3) is 6.95. The van der Waals surface area contributed by atoms with E-state index in [0.717, 1.165) is 16.7 Å². The third-order valence-corrected chi connectivity index (χ3v) is 5.63. The van der Waals surface area contributed by atoms with Crippen LogP contribution in [0, 0.1) is 17.0 Å². The van der Waals surface area contributed by atoms with Crippen molar-refractivity contribution in [3.05, 3.63) is 72.0 Å². The van der Waals surface area contributed by atoms with Crippen LogP contribution >= 0.6 is 0 Å². The highest BCUT2D eigenvalue weighted by molar-refractivity contribution is 5.92. The number of rotatable bonds is 10. The van der Waals surface area contributed by atoms with Gasteiger partial charge in [-0.1, -0.05) is 0 Å². The van der Waals surface area contributed by atoms with Gasteiger partial charge in [0.15, 0.2) is 0 Å². The maximum absolute atomic E-state index is 12.8. The first-order chi connectivity index (χ1) is 17.5. The fourth-order valence-corrected chi connectivity index (χ4v) is 3.57. The molecule has 14 nitrogen and oxygen atoms in total. The van der Waals surface area contributed by atoms with Gasteiger partial charge in [-0.05, 0) is 19.9 Å². The summed E-state index contributed by atoms with van der Waals surface area (Å²) in [5.74, 6) is -1.88. The normalized spacial score (nSPS) is 18.8. The van der Waals surface area contributed by atoms with Gasteiger partial charge in [0.2, 0.25) is 0 Å². The molecule has 1 aliphatic heterocycles. The van der Waals surface area contributed by atoms with Crippen molar-refractivity contribution in [1.82, 2.24) is 9.55 Å². The topological polar surface area (TPSA) is 197 Å². The van der Waals surface area contributed by atoms with Gasteiger partial charge >= 0.3 is 17.6 Å². The Balaban J connectivity index is 1.69. The number of carbonyl (C=O) groups excluding carboxylic acids is 3. The lowest BCUT2D eigenvalue weighted by molar-refractivity contribution is -0.384. The molecule has 2 aromatic rings. The number of aliphatic hydroxyl groups is 1. The smallest absolute Gasteiger partial charge is 0.338 e. The number of hydrogen-bond acceptors (Lipinski definition) is 11. The van der Waals surface area contributed by atoms with E-state index in [4.69, 9.17) is 14.2 Å². The number of esters is 2. The van der Waals surface area contributed by atoms with Gasteiger partial charge < -0.3 is 24.1 Å². The summed E-state index contributed by atoms with van der Waals surface area (Å²) in [6, 6.07) is 3.35. The van der Waals surface area contributed by atoms with Crippen molar-refractivity contribution < 1.29 is 38.6 Å². The molecule has 3 atom stereocenters. The van der Waals surface area contributed by atoms with Crippen molar-refractivity contribution in [2.75, 3.05) is 6.61 Å². The van der Waals surface area contributed by atoms with Gasteiger partial charge in [0, 0.05) is 42.3 Å². The summed E-state index contributed by atoms with van der Waals surface area (Å²) in [7, 11) is 0. The number of nitro benzene ring substituents is 1. The van der Waals surface area contributed by atoms with Crippen LogP contribution in [0.2, 0.25) is 0 Å². The van der Waals surface area contributed by atoms with Crippen LogP contribution in [0.5, 0.6) is 0 Å². The van der Waals surface area contributed by atoms with E-state index in [1.807, 2.05) is 0 Å². The lowest BCUT2D eigenvalue weighted by Gasteiger charge is -2.17. The summed E-state index contributed by atoms with van der Waals surface area (Å²) >= 11 is 0. The van der Waals surface area contributed by atoms with Crippen LogP contribution in [0.15, 0.2) is 34.0 Å². The average molecular weight is 519 g/mol. The number of aryl methyl sites for hydroxylation is 1. The molecule has 14 heteroatoms. The predicted molar refractivity (Wildman–Crippen MR) is 124 cm³/mol. The zero-order chi connectivity index (χ0) is 27.3. The second-order valence-corrected chi connectivity index (χ2v) is 8.47. The molecule has 1 fully saturated rings. The minimum Gasteiger partial charge on any atom is -0.461 e. The van der Waals surface area contributed by atoms with Crippen LogP contribution in [0.25, 0.3) is 0 Å². The Hall–Kier alpha value is -4.17. The van der Waals surface area contributed by atoms with E-state index in [9.17, 15) is 39.2 Å². The van der Waals surface area contributed by atoms with Crippen LogP contribution in [-0.4, -0.2) is 56.1 Å². The van der Waals surface area contributed by atoms with E-state index in [2.05, 4.69) is 4.98 Å². The second kappa shape index (κ2) is 11.7. The number of non-ortho nitro benzene ring substituents is 1. The molecule has 0 amide bonds. The fourth-order valence-electron chi connectivity index (χ4n) is 3.57. The Morgan fingerprint density at radius 3 is 2.65 bits per heavy atom. The van der Waals surface area contributed by atoms with Crippen molar-refractivity contribution in [2.45, 2.75) is 58.2 Å². The Kier molecular flexibility index (Phi) is 8.68. The number of benzene rings is 1. The minimum atomic E-state index is -1.12. The van der Waals surface area contributed by atoms with E-state index in [-0.39, 0.29) is 41.7 Å². The Bertz CT molecular complexity index is 1330. The maximum Gasteiger partial charge on any atom is 0.338 e. The van der Waals surface area contributed by atoms with E-state index in [0.29, 0.717) is 0 Å². The molecule has 1 saturated heterocycles. The number of aliphatic hydroxyl groups excluding tert-OH is 1. The number of ketones is 1. The van der Waals surface area contributed by atoms with E-state index < -0.39 is 65.4 Å². The van der Waals surface area contributed by atoms with Crippen molar-refractivity contribution >= 4 is 23.4 Å². The molecule has 2 N–H and O–H groups in total. The summed E-state index contributed by atoms with van der Waals surface area (Å²) in [6.45, 7) is 1.98. The number of hydrogen-bond donors (Lipinski definition) is 2. The molecule has 0 aliphatic carbocycles. The van der Waals surface area contributed by atoms with Gasteiger partial charge in [-0.2, -0.15) is 0 Å². The summed E-state index contributed by atoms with van der Waals surface area (Å²) in [4.78, 5) is 72.0. The quantitative estimate of drug-likeness (QED) is 0.254. The highest BCUT2D eigenvalue weighted by atomic mass is 16.6. The van der Waals surface area contributed by atoms with Gasteiger partial charge in [-0.3, -0.25) is 29.3 Å². The molecule has 1 aromatic heterocycles. The number of nitrogens with one attached hydrogen (secondary N) is 1. The van der Waals surface area contributed by atoms with Gasteiger partial charge in [0.05, 0.1) is 23.0 Å². The Labute approximate surface area is 208 Å². The Morgan fingerprint density at radius 2 is 1.97 bits per heavy atom. The second-order valence-electron chi connectivity index (χ2n) is 8.47. The molecule has 1 aromatic carbocycles. The molecular weight excluding hydrogens is 494 g/mol. The number of aromatic amines is 1. The predicted octanol–water partition coefficient (Wildman–Crippen LogP) is 0.671. The zero-order valence-electron chi connectivity index (χ0n) is 20.0. The van der Waals surface area contributed by atoms with Crippen molar-refractivity contribution in [1.29, 1.82) is 0 Å². The van der Waals surface area contributed by atoms with Crippen molar-refractivity contribution in [3.63, 3.8) is 0 Å². The molecule has 198 valence electrons. The van der Waals surface area contributed by atoms with Gasteiger partial charge in [-0.25, -0.2) is 9.59 Å². The molecule has 0 unspecified atom stereocenters. The monoisotopic (exact) mass is 519 g/mol. The van der Waals surface area contributed by atoms with Crippen LogP contribution in [0.4, 0.5) is 5.69 Å². The first-order valence-corrected chi connectivity index (χ1v) is 11.2. The molecule has 37 heavy (non-hydrogen) atoms. The minimum absolute atomic E-state index is 0.0105. The fraction of sp³-hybridized carbons (Fsp3) is 0.435. The van der Waals surface area contributed by atoms with Crippen LogP contribution in [0.3, 0.4) is 0 Å². The molecule has 2 heterocycles. The number of Topliss-reactive ketones (excluding diaryl/α,β-unsaturated/α-hetero) is 1. The first kappa shape index (κ1) is 27.4. The molecule has 0 saturated carbocycles. The molecular formula is C23H25N3O11. The van der Waals surface area contributed by atoms with Crippen LogP contribution in [0.1, 0.15) is 53.9 Å². The van der Waals surface area contributed by atoms with Crippen molar-refractivity contribution in [2.24, 2.45) is 0 Å². The highest BCUT2D eigenvalue weighted by Gasteiger charge is 2.36. The van der Waals surface area contributed by atoms with Gasteiger partial charge in [0.1, 0.15) is 31.3 Å². The summed E-state index contributed by atoms with van der Waals surface area (Å²) in [5.41, 5.74) is -1.53. The first-order valence-electron chi connectivity index (χ1n) is 11.2. The van der Waals surface area contributed by atoms with E-state index in [1.54, 1.807) is 0 Å². The van der Waals surface area contributed by atoms with Crippen LogP contribution in [-0.2, 0) is 30.4 Å². The highest BCUT2D eigenvalue weighted by Crippen LogP contribution is 2.28. The van der Waals surface area contributed by atoms with E-state index >= 15 is 0 Å². The standard InChI is InChI=1S/C23H25N3O11/c1-12-9-25(23(32)24-21(12)30)19-8-17(28)18(37-19)11-36-22(31)16-7-15(26(33)34)5-4-14(16)10-35-20(29)6-3-13(2)27/h4-5,7,9,17-19,28H,3,6,8,10-11H2,1-2H3,(H,24,30,32)/t17-,18+,19+/m0/s1. The van der Waals surface area contributed by atoms with E-state index in [1.165, 1.54) is 26.1 Å². The lowest BCUT2D eigenvalue weighted by atomic mass is 10.1. The summed E-state index contributed by atoms with van der Waals surface area (Å²) < 4.78 is 17.0. The number of carbonyl (C=O) groups is 3. The number of nitrogens with zero attached hydrogens (tertiary/aromatic N) is 2. The molecule has 3 rings (SSSR count). The number of nitro groups is 1. The van der Waals surface area contributed by atoms with Crippen LogP contribution < -0.4 is 11.2 Å². The van der Waals surface area contributed by atoms with Gasteiger partial charge in [0.25, 0.3) is 11.2 Å².